The number of nitrogens with two attached hydrogens (primary N) is 1. The highest BCUT2D eigenvalue weighted by molar-refractivity contribution is 5.66. The number of nitrogens with one attached hydrogen (secondary N) is 1. The topological polar surface area (TPSA) is 96.4 Å². The van der Waals surface area contributed by atoms with Crippen molar-refractivity contribution in [3.05, 3.63) is 6.20 Å². The summed E-state index contributed by atoms with van der Waals surface area (Å²) in [6.07, 6.45) is 1.41. The fourth-order valence-corrected chi connectivity index (χ4v) is 2.08. The van der Waals surface area contributed by atoms with Gasteiger partial charge in [0.2, 0.25) is 0 Å². The van der Waals surface area contributed by atoms with E-state index in [4.69, 9.17) is 10.8 Å². The number of nitrogen functional groups attached to an aromatic ring is 1. The summed E-state index contributed by atoms with van der Waals surface area (Å²) in [6, 6.07) is -0.0354. The maximum Gasteiger partial charge on any atom is 0.404 e. The molecule has 0 aromatic carbocycles. The van der Waals surface area contributed by atoms with E-state index in [0.717, 1.165) is 18.8 Å². The van der Waals surface area contributed by atoms with E-state index in [0.29, 0.717) is 12.2 Å². The largest absolute Gasteiger partial charge is 0.465 e. The highest BCUT2D eigenvalue weighted by atomic mass is 16.4. The Morgan fingerprint density at radius 1 is 1.75 bits per heavy atom. The smallest absolute Gasteiger partial charge is 0.404 e. The Kier molecular flexibility index (Phi) is 2.59. The van der Waals surface area contributed by atoms with Gasteiger partial charge < -0.3 is 21.1 Å². The Morgan fingerprint density at radius 2 is 2.50 bits per heavy atom. The van der Waals surface area contributed by atoms with Gasteiger partial charge in [0.15, 0.2) is 0 Å². The van der Waals surface area contributed by atoms with Gasteiger partial charge in [-0.3, -0.25) is 4.68 Å². The van der Waals surface area contributed by atoms with Crippen LogP contribution in [0.1, 0.15) is 6.42 Å². The van der Waals surface area contributed by atoms with Gasteiger partial charge in [0, 0.05) is 20.1 Å². The number of hydrogen-bond donors (Lipinski definition) is 3. The van der Waals surface area contributed by atoms with Gasteiger partial charge in [-0.1, -0.05) is 0 Å². The number of carboxylic acid groups (broad SMARTS) is 1. The first-order chi connectivity index (χ1) is 7.58. The molecule has 0 aliphatic carbocycles. The second-order valence-corrected chi connectivity index (χ2v) is 3.93. The van der Waals surface area contributed by atoms with Crippen LogP contribution < -0.4 is 16.0 Å². The standard InChI is InChI=1S/C9H15N5O2/c1-13-8(7(10)4-11-13)14-3-2-6(5-14)12-9(15)16/h4,6,12H,2-3,5,10H2,1H3,(H,15,16). The molecule has 0 saturated carbocycles. The minimum atomic E-state index is -0.982. The third-order valence-electron chi connectivity index (χ3n) is 2.75. The summed E-state index contributed by atoms with van der Waals surface area (Å²) in [5.41, 5.74) is 6.43. The van der Waals surface area contributed by atoms with E-state index in [9.17, 15) is 4.79 Å². The summed E-state index contributed by atoms with van der Waals surface area (Å²) >= 11 is 0. The average molecular weight is 225 g/mol. The number of hydrogen-bond acceptors (Lipinski definition) is 4. The van der Waals surface area contributed by atoms with E-state index in [1.807, 2.05) is 11.9 Å². The van der Waals surface area contributed by atoms with Gasteiger partial charge in [-0.25, -0.2) is 4.79 Å². The zero-order chi connectivity index (χ0) is 11.7. The van der Waals surface area contributed by atoms with Crippen molar-refractivity contribution in [1.29, 1.82) is 0 Å². The molecule has 0 bridgehead atoms. The van der Waals surface area contributed by atoms with Gasteiger partial charge in [0.25, 0.3) is 0 Å². The molecular weight excluding hydrogens is 210 g/mol. The minimum Gasteiger partial charge on any atom is -0.465 e. The monoisotopic (exact) mass is 225 g/mol. The highest BCUT2D eigenvalue weighted by Crippen LogP contribution is 2.25. The van der Waals surface area contributed by atoms with Gasteiger partial charge in [-0.15, -0.1) is 0 Å². The third-order valence-corrected chi connectivity index (χ3v) is 2.75. The van der Waals surface area contributed by atoms with Crippen LogP contribution in [-0.2, 0) is 7.05 Å². The molecule has 2 rings (SSSR count). The zero-order valence-corrected chi connectivity index (χ0v) is 9.05. The lowest BCUT2D eigenvalue weighted by Gasteiger charge is -2.19. The summed E-state index contributed by atoms with van der Waals surface area (Å²) in [7, 11) is 1.82. The number of carbonyl (C=O) groups is 1. The van der Waals surface area contributed by atoms with Crippen molar-refractivity contribution in [2.75, 3.05) is 23.7 Å². The molecule has 1 fully saturated rings. The third kappa shape index (κ3) is 1.88. The van der Waals surface area contributed by atoms with Crippen LogP contribution >= 0.6 is 0 Å². The molecule has 1 aromatic heterocycles. The number of amides is 1. The Labute approximate surface area is 92.8 Å². The first-order valence-electron chi connectivity index (χ1n) is 5.10. The van der Waals surface area contributed by atoms with Crippen LogP contribution in [0.2, 0.25) is 0 Å². The van der Waals surface area contributed by atoms with Crippen molar-refractivity contribution in [3.63, 3.8) is 0 Å². The van der Waals surface area contributed by atoms with Crippen LogP contribution in [0, 0.1) is 0 Å². The number of rotatable bonds is 2. The van der Waals surface area contributed by atoms with E-state index >= 15 is 0 Å². The van der Waals surface area contributed by atoms with E-state index in [1.54, 1.807) is 10.9 Å². The van der Waals surface area contributed by atoms with Crippen LogP contribution in [0.5, 0.6) is 0 Å². The minimum absolute atomic E-state index is 0.0354. The summed E-state index contributed by atoms with van der Waals surface area (Å²) in [5.74, 6) is 0.856. The predicted octanol–water partition coefficient (Wildman–Crippen LogP) is -0.151. The molecule has 0 radical (unpaired) electrons. The van der Waals surface area contributed by atoms with Crippen molar-refractivity contribution < 1.29 is 9.90 Å². The molecule has 0 spiro atoms. The molecule has 16 heavy (non-hydrogen) atoms. The molecule has 1 aliphatic heterocycles. The number of aryl methyl sites for hydroxylation is 1. The normalized spacial score (nSPS) is 20.1. The molecular formula is C9H15N5O2. The van der Waals surface area contributed by atoms with Crippen LogP contribution in [0.25, 0.3) is 0 Å². The van der Waals surface area contributed by atoms with Crippen LogP contribution in [0.4, 0.5) is 16.3 Å². The van der Waals surface area contributed by atoms with Crippen molar-refractivity contribution in [2.45, 2.75) is 12.5 Å². The molecule has 1 amide bonds. The van der Waals surface area contributed by atoms with E-state index < -0.39 is 6.09 Å². The van der Waals surface area contributed by atoms with Gasteiger partial charge in [0.05, 0.1) is 17.9 Å². The second-order valence-electron chi connectivity index (χ2n) is 3.93. The molecule has 7 nitrogen and oxygen atoms in total. The molecule has 4 N–H and O–H groups in total. The van der Waals surface area contributed by atoms with Crippen LogP contribution in [-0.4, -0.2) is 40.1 Å². The SMILES string of the molecule is Cn1ncc(N)c1N1CCC(NC(=O)O)C1. The van der Waals surface area contributed by atoms with Crippen molar-refractivity contribution in [2.24, 2.45) is 7.05 Å². The molecule has 1 saturated heterocycles. The molecule has 1 aromatic rings. The van der Waals surface area contributed by atoms with E-state index in [1.165, 1.54) is 0 Å². The molecule has 2 heterocycles. The highest BCUT2D eigenvalue weighted by Gasteiger charge is 2.26. The fourth-order valence-electron chi connectivity index (χ4n) is 2.08. The Hall–Kier alpha value is -1.92. The van der Waals surface area contributed by atoms with Gasteiger partial charge in [0.1, 0.15) is 5.82 Å². The van der Waals surface area contributed by atoms with Crippen LogP contribution in [0.3, 0.4) is 0 Å². The fraction of sp³-hybridized carbons (Fsp3) is 0.556. The lowest BCUT2D eigenvalue weighted by molar-refractivity contribution is 0.191. The average Bonchev–Trinajstić information content (AvgIpc) is 2.73. The molecule has 88 valence electrons. The summed E-state index contributed by atoms with van der Waals surface area (Å²) < 4.78 is 1.71. The van der Waals surface area contributed by atoms with E-state index in [-0.39, 0.29) is 6.04 Å². The van der Waals surface area contributed by atoms with Crippen LogP contribution in [0.15, 0.2) is 6.20 Å². The zero-order valence-electron chi connectivity index (χ0n) is 9.05. The number of anilines is 2. The number of nitrogens with zero attached hydrogens (tertiary/aromatic N) is 3. The Balaban J connectivity index is 2.06. The predicted molar refractivity (Wildman–Crippen MR) is 59.4 cm³/mol. The quantitative estimate of drug-likeness (QED) is 0.650. The molecule has 1 aliphatic rings. The maximum absolute atomic E-state index is 10.5. The van der Waals surface area contributed by atoms with Crippen molar-refractivity contribution in [1.82, 2.24) is 15.1 Å². The van der Waals surface area contributed by atoms with Gasteiger partial charge in [-0.05, 0) is 6.42 Å². The molecule has 1 atom stereocenters. The van der Waals surface area contributed by atoms with E-state index in [2.05, 4.69) is 10.4 Å². The summed E-state index contributed by atoms with van der Waals surface area (Å²) in [6.45, 7) is 1.42. The number of aromatic nitrogens is 2. The first kappa shape index (κ1) is 10.6. The lowest BCUT2D eigenvalue weighted by Crippen LogP contribution is -2.36. The Morgan fingerprint density at radius 3 is 3.06 bits per heavy atom. The first-order valence-corrected chi connectivity index (χ1v) is 5.10. The van der Waals surface area contributed by atoms with Crippen molar-refractivity contribution >= 4 is 17.6 Å². The van der Waals surface area contributed by atoms with Gasteiger partial charge >= 0.3 is 6.09 Å². The second kappa shape index (κ2) is 3.92. The summed E-state index contributed by atoms with van der Waals surface area (Å²) in [5, 5.41) is 15.2. The maximum atomic E-state index is 10.5. The van der Waals surface area contributed by atoms with Gasteiger partial charge in [-0.2, -0.15) is 5.10 Å². The lowest BCUT2D eigenvalue weighted by atomic mass is 10.3. The Bertz CT molecular complexity index is 383. The molecule has 7 heteroatoms. The van der Waals surface area contributed by atoms with Crippen molar-refractivity contribution in [3.8, 4) is 0 Å². The summed E-state index contributed by atoms with van der Waals surface area (Å²) in [4.78, 5) is 12.6. The molecule has 1 unspecified atom stereocenters.